The van der Waals surface area contributed by atoms with E-state index in [-0.39, 0.29) is 11.4 Å². The largest absolute Gasteiger partial charge is 0.398 e. The van der Waals surface area contributed by atoms with Gasteiger partial charge in [0.05, 0.1) is 5.56 Å². The summed E-state index contributed by atoms with van der Waals surface area (Å²) in [5.74, 6) is -0.192. The highest BCUT2D eigenvalue weighted by Gasteiger charge is 2.16. The summed E-state index contributed by atoms with van der Waals surface area (Å²) in [4.78, 5) is 15.5. The van der Waals surface area contributed by atoms with Crippen molar-refractivity contribution in [3.05, 3.63) is 24.0 Å². The third-order valence-electron chi connectivity index (χ3n) is 1.59. The van der Waals surface area contributed by atoms with Crippen molar-refractivity contribution in [2.45, 2.75) is 26.3 Å². The van der Waals surface area contributed by atoms with Crippen LogP contribution in [0.2, 0.25) is 0 Å². The summed E-state index contributed by atoms with van der Waals surface area (Å²) in [5, 5.41) is 2.82. The van der Waals surface area contributed by atoms with Gasteiger partial charge in [-0.15, -0.1) is 0 Å². The first-order valence-corrected chi connectivity index (χ1v) is 4.42. The molecular formula is C10H15N3O. The van der Waals surface area contributed by atoms with Crippen LogP contribution in [0.4, 0.5) is 5.69 Å². The fourth-order valence-electron chi connectivity index (χ4n) is 1.00. The minimum atomic E-state index is -0.265. The van der Waals surface area contributed by atoms with Gasteiger partial charge >= 0.3 is 0 Å². The number of nitrogens with two attached hydrogens (primary N) is 1. The molecule has 0 spiro atoms. The maximum Gasteiger partial charge on any atom is 0.255 e. The Kier molecular flexibility index (Phi) is 2.74. The number of nitrogens with zero attached hydrogens (tertiary/aromatic N) is 1. The molecule has 14 heavy (non-hydrogen) atoms. The van der Waals surface area contributed by atoms with E-state index in [0.717, 1.165) is 0 Å². The number of anilines is 1. The number of rotatable bonds is 1. The van der Waals surface area contributed by atoms with Gasteiger partial charge in [-0.2, -0.15) is 0 Å². The van der Waals surface area contributed by atoms with Crippen molar-refractivity contribution in [3.8, 4) is 0 Å². The van der Waals surface area contributed by atoms with E-state index in [1.54, 1.807) is 12.3 Å². The van der Waals surface area contributed by atoms with Crippen LogP contribution in [0.5, 0.6) is 0 Å². The number of nitrogens with one attached hydrogen (secondary N) is 1. The summed E-state index contributed by atoms with van der Waals surface area (Å²) in [6, 6.07) is 1.61. The maximum absolute atomic E-state index is 11.7. The van der Waals surface area contributed by atoms with Gasteiger partial charge in [-0.3, -0.25) is 9.78 Å². The maximum atomic E-state index is 11.7. The molecule has 0 aliphatic heterocycles. The second kappa shape index (κ2) is 3.65. The molecule has 0 aliphatic rings. The molecule has 0 saturated heterocycles. The van der Waals surface area contributed by atoms with Gasteiger partial charge in [0.15, 0.2) is 0 Å². The van der Waals surface area contributed by atoms with Crippen molar-refractivity contribution in [1.82, 2.24) is 10.3 Å². The van der Waals surface area contributed by atoms with Gasteiger partial charge in [-0.05, 0) is 26.8 Å². The second-order valence-electron chi connectivity index (χ2n) is 4.17. The van der Waals surface area contributed by atoms with E-state index in [1.807, 2.05) is 20.8 Å². The second-order valence-corrected chi connectivity index (χ2v) is 4.17. The lowest BCUT2D eigenvalue weighted by Crippen LogP contribution is -2.40. The number of pyridine rings is 1. The Hall–Kier alpha value is -1.58. The van der Waals surface area contributed by atoms with Crippen molar-refractivity contribution in [1.29, 1.82) is 0 Å². The van der Waals surface area contributed by atoms with Gasteiger partial charge in [0.2, 0.25) is 0 Å². The predicted molar refractivity (Wildman–Crippen MR) is 55.9 cm³/mol. The van der Waals surface area contributed by atoms with E-state index < -0.39 is 0 Å². The van der Waals surface area contributed by atoms with Gasteiger partial charge in [-0.25, -0.2) is 0 Å². The van der Waals surface area contributed by atoms with Gasteiger partial charge in [0, 0.05) is 23.6 Å². The van der Waals surface area contributed by atoms with Crippen LogP contribution in [-0.4, -0.2) is 16.4 Å². The average Bonchev–Trinajstić information content (AvgIpc) is 2.01. The van der Waals surface area contributed by atoms with Crippen LogP contribution >= 0.6 is 0 Å². The summed E-state index contributed by atoms with van der Waals surface area (Å²) in [5.41, 5.74) is 6.24. The van der Waals surface area contributed by atoms with Gasteiger partial charge in [-0.1, -0.05) is 0 Å². The van der Waals surface area contributed by atoms with Crippen LogP contribution < -0.4 is 11.1 Å². The normalized spacial score (nSPS) is 11.1. The molecule has 0 fully saturated rings. The number of amides is 1. The standard InChI is InChI=1S/C10H15N3O/c1-10(2,3)13-9(14)7-6-12-5-4-8(7)11/h4-6H,1-3H3,(H2,11,12)(H,13,14). The van der Waals surface area contributed by atoms with E-state index >= 15 is 0 Å². The quantitative estimate of drug-likeness (QED) is 0.704. The van der Waals surface area contributed by atoms with Crippen molar-refractivity contribution in [2.24, 2.45) is 0 Å². The van der Waals surface area contributed by atoms with Gasteiger partial charge < -0.3 is 11.1 Å². The first-order chi connectivity index (χ1) is 6.40. The molecule has 0 saturated carbocycles. The SMILES string of the molecule is CC(C)(C)NC(=O)c1cnccc1N. The van der Waals surface area contributed by atoms with Gasteiger partial charge in [0.1, 0.15) is 0 Å². The molecule has 3 N–H and O–H groups in total. The molecule has 1 heterocycles. The molecule has 1 rings (SSSR count). The molecule has 1 aromatic rings. The van der Waals surface area contributed by atoms with Crippen LogP contribution in [0.25, 0.3) is 0 Å². The smallest absolute Gasteiger partial charge is 0.255 e. The minimum absolute atomic E-state index is 0.192. The van der Waals surface area contributed by atoms with Crippen LogP contribution in [-0.2, 0) is 0 Å². The molecular weight excluding hydrogens is 178 g/mol. The number of hydrogen-bond donors (Lipinski definition) is 2. The van der Waals surface area contributed by atoms with Crippen LogP contribution in [0, 0.1) is 0 Å². The fraction of sp³-hybridized carbons (Fsp3) is 0.400. The van der Waals surface area contributed by atoms with E-state index in [1.165, 1.54) is 6.20 Å². The molecule has 0 unspecified atom stereocenters. The zero-order valence-corrected chi connectivity index (χ0v) is 8.66. The number of carbonyl (C=O) groups excluding carboxylic acids is 1. The van der Waals surface area contributed by atoms with Crippen LogP contribution in [0.1, 0.15) is 31.1 Å². The van der Waals surface area contributed by atoms with E-state index in [4.69, 9.17) is 5.73 Å². The summed E-state index contributed by atoms with van der Waals surface area (Å²) < 4.78 is 0. The highest BCUT2D eigenvalue weighted by Crippen LogP contribution is 2.10. The summed E-state index contributed by atoms with van der Waals surface area (Å²) >= 11 is 0. The van der Waals surface area contributed by atoms with E-state index in [0.29, 0.717) is 11.3 Å². The van der Waals surface area contributed by atoms with Crippen molar-refractivity contribution < 1.29 is 4.79 Å². The predicted octanol–water partition coefficient (Wildman–Crippen LogP) is 1.19. The number of hydrogen-bond acceptors (Lipinski definition) is 3. The molecule has 0 atom stereocenters. The highest BCUT2D eigenvalue weighted by atomic mass is 16.1. The van der Waals surface area contributed by atoms with E-state index in [2.05, 4.69) is 10.3 Å². The third-order valence-corrected chi connectivity index (χ3v) is 1.59. The van der Waals surface area contributed by atoms with Crippen LogP contribution in [0.3, 0.4) is 0 Å². The lowest BCUT2D eigenvalue weighted by atomic mass is 10.1. The first kappa shape index (κ1) is 10.5. The summed E-state index contributed by atoms with van der Waals surface area (Å²) in [7, 11) is 0. The molecule has 0 radical (unpaired) electrons. The molecule has 0 aromatic carbocycles. The Bertz CT molecular complexity index is 341. The fourth-order valence-corrected chi connectivity index (χ4v) is 1.00. The Morgan fingerprint density at radius 3 is 2.64 bits per heavy atom. The highest BCUT2D eigenvalue weighted by molar-refractivity contribution is 5.99. The zero-order valence-electron chi connectivity index (χ0n) is 8.66. The molecule has 4 heteroatoms. The first-order valence-electron chi connectivity index (χ1n) is 4.42. The molecule has 76 valence electrons. The lowest BCUT2D eigenvalue weighted by Gasteiger charge is -2.20. The van der Waals surface area contributed by atoms with Gasteiger partial charge in [0.25, 0.3) is 5.91 Å². The Labute approximate surface area is 83.5 Å². The third kappa shape index (κ3) is 2.73. The van der Waals surface area contributed by atoms with Crippen molar-refractivity contribution in [2.75, 3.05) is 5.73 Å². The molecule has 1 aromatic heterocycles. The summed E-state index contributed by atoms with van der Waals surface area (Å²) in [6.45, 7) is 5.74. The summed E-state index contributed by atoms with van der Waals surface area (Å²) in [6.07, 6.45) is 3.03. The van der Waals surface area contributed by atoms with Crippen molar-refractivity contribution >= 4 is 11.6 Å². The number of nitrogen functional groups attached to an aromatic ring is 1. The molecule has 0 aliphatic carbocycles. The lowest BCUT2D eigenvalue weighted by molar-refractivity contribution is 0.0920. The average molecular weight is 193 g/mol. The molecule has 4 nitrogen and oxygen atoms in total. The minimum Gasteiger partial charge on any atom is -0.398 e. The topological polar surface area (TPSA) is 68.0 Å². The Morgan fingerprint density at radius 2 is 2.14 bits per heavy atom. The molecule has 0 bridgehead atoms. The van der Waals surface area contributed by atoms with E-state index in [9.17, 15) is 4.79 Å². The van der Waals surface area contributed by atoms with Crippen molar-refractivity contribution in [3.63, 3.8) is 0 Å². The Morgan fingerprint density at radius 1 is 1.50 bits per heavy atom. The molecule has 1 amide bonds. The number of carbonyl (C=O) groups is 1. The zero-order chi connectivity index (χ0) is 10.8. The number of aromatic nitrogens is 1. The monoisotopic (exact) mass is 193 g/mol. The van der Waals surface area contributed by atoms with Crippen LogP contribution in [0.15, 0.2) is 18.5 Å². The Balaban J connectivity index is 2.86.